The predicted molar refractivity (Wildman–Crippen MR) is 97.2 cm³/mol. The molecule has 6 nitrogen and oxygen atoms in total. The summed E-state index contributed by atoms with van der Waals surface area (Å²) in [5.41, 5.74) is 2.26. The van der Waals surface area contributed by atoms with Gasteiger partial charge in [-0.15, -0.1) is 0 Å². The molecule has 26 heavy (non-hydrogen) atoms. The van der Waals surface area contributed by atoms with Crippen LogP contribution in [0.25, 0.3) is 0 Å². The molecule has 0 bridgehead atoms. The van der Waals surface area contributed by atoms with Gasteiger partial charge in [0, 0.05) is 13.1 Å². The Hall–Kier alpha value is -2.89. The van der Waals surface area contributed by atoms with E-state index >= 15 is 0 Å². The van der Waals surface area contributed by atoms with Crippen LogP contribution in [0, 0.1) is 0 Å². The van der Waals surface area contributed by atoms with E-state index in [4.69, 9.17) is 18.9 Å². The van der Waals surface area contributed by atoms with E-state index in [9.17, 15) is 4.79 Å². The molecule has 0 saturated carbocycles. The second-order valence-corrected chi connectivity index (χ2v) is 6.01. The van der Waals surface area contributed by atoms with Crippen molar-refractivity contribution in [3.8, 4) is 23.0 Å². The fraction of sp³-hybridized carbons (Fsp3) is 0.350. The van der Waals surface area contributed by atoms with E-state index in [1.54, 1.807) is 50.5 Å². The summed E-state index contributed by atoms with van der Waals surface area (Å²) >= 11 is 0. The van der Waals surface area contributed by atoms with Crippen LogP contribution in [-0.4, -0.2) is 45.3 Å². The summed E-state index contributed by atoms with van der Waals surface area (Å²) in [5.74, 6) is 2.74. The molecule has 2 aromatic rings. The molecule has 3 rings (SSSR count). The van der Waals surface area contributed by atoms with Crippen molar-refractivity contribution in [2.24, 2.45) is 0 Å². The SMILES string of the molecule is COc1ccc(OCC(=O)N2CCc3cc(OC)c(OC)cc3C2)cc1. The fourth-order valence-electron chi connectivity index (χ4n) is 3.00. The lowest BCUT2D eigenvalue weighted by atomic mass is 9.99. The van der Waals surface area contributed by atoms with Crippen LogP contribution < -0.4 is 18.9 Å². The Kier molecular flexibility index (Phi) is 5.51. The Morgan fingerprint density at radius 1 is 0.923 bits per heavy atom. The van der Waals surface area contributed by atoms with Crippen molar-refractivity contribution in [2.75, 3.05) is 34.5 Å². The molecule has 1 amide bonds. The van der Waals surface area contributed by atoms with E-state index in [0.29, 0.717) is 30.3 Å². The largest absolute Gasteiger partial charge is 0.497 e. The molecule has 1 heterocycles. The quantitative estimate of drug-likeness (QED) is 0.796. The second-order valence-electron chi connectivity index (χ2n) is 6.01. The van der Waals surface area contributed by atoms with Gasteiger partial charge < -0.3 is 23.8 Å². The Balaban J connectivity index is 1.63. The third kappa shape index (κ3) is 3.85. The van der Waals surface area contributed by atoms with Crippen molar-refractivity contribution in [1.82, 2.24) is 4.90 Å². The third-order valence-electron chi connectivity index (χ3n) is 4.49. The number of amides is 1. The van der Waals surface area contributed by atoms with Gasteiger partial charge in [-0.3, -0.25) is 4.79 Å². The van der Waals surface area contributed by atoms with Crippen molar-refractivity contribution in [1.29, 1.82) is 0 Å². The highest BCUT2D eigenvalue weighted by atomic mass is 16.5. The van der Waals surface area contributed by atoms with Gasteiger partial charge >= 0.3 is 0 Å². The number of fused-ring (bicyclic) bond motifs is 1. The van der Waals surface area contributed by atoms with Gasteiger partial charge in [0.1, 0.15) is 11.5 Å². The molecule has 0 fully saturated rings. The number of hydrogen-bond donors (Lipinski definition) is 0. The average Bonchev–Trinajstić information content (AvgIpc) is 2.70. The lowest BCUT2D eigenvalue weighted by Gasteiger charge is -2.29. The van der Waals surface area contributed by atoms with E-state index in [2.05, 4.69) is 0 Å². The first-order chi connectivity index (χ1) is 12.6. The lowest BCUT2D eigenvalue weighted by molar-refractivity contribution is -0.134. The van der Waals surface area contributed by atoms with Gasteiger partial charge in [0.2, 0.25) is 0 Å². The van der Waals surface area contributed by atoms with Crippen LogP contribution in [0.3, 0.4) is 0 Å². The van der Waals surface area contributed by atoms with Crippen molar-refractivity contribution >= 4 is 5.91 Å². The van der Waals surface area contributed by atoms with Gasteiger partial charge in [-0.1, -0.05) is 0 Å². The number of methoxy groups -OCH3 is 3. The first-order valence-corrected chi connectivity index (χ1v) is 8.43. The van der Waals surface area contributed by atoms with Gasteiger partial charge in [0.05, 0.1) is 21.3 Å². The van der Waals surface area contributed by atoms with Crippen molar-refractivity contribution in [3.63, 3.8) is 0 Å². The van der Waals surface area contributed by atoms with E-state index in [1.807, 2.05) is 12.1 Å². The zero-order valence-electron chi connectivity index (χ0n) is 15.3. The summed E-state index contributed by atoms with van der Waals surface area (Å²) in [7, 11) is 4.84. The number of carbonyl (C=O) groups is 1. The molecule has 0 spiro atoms. The minimum Gasteiger partial charge on any atom is -0.497 e. The molecule has 0 unspecified atom stereocenters. The molecule has 0 atom stereocenters. The van der Waals surface area contributed by atoms with Crippen LogP contribution in [-0.2, 0) is 17.8 Å². The zero-order chi connectivity index (χ0) is 18.5. The molecule has 138 valence electrons. The number of nitrogens with zero attached hydrogens (tertiary/aromatic N) is 1. The Labute approximate surface area is 153 Å². The molecule has 0 saturated heterocycles. The number of rotatable bonds is 6. The van der Waals surface area contributed by atoms with Crippen molar-refractivity contribution in [2.45, 2.75) is 13.0 Å². The average molecular weight is 357 g/mol. The highest BCUT2D eigenvalue weighted by molar-refractivity contribution is 5.78. The number of benzene rings is 2. The van der Waals surface area contributed by atoms with Crippen LogP contribution in [0.2, 0.25) is 0 Å². The maximum atomic E-state index is 12.5. The van der Waals surface area contributed by atoms with Crippen molar-refractivity contribution in [3.05, 3.63) is 47.5 Å². The maximum absolute atomic E-state index is 12.5. The molecule has 1 aliphatic heterocycles. The predicted octanol–water partition coefficient (Wildman–Crippen LogP) is 2.68. The molecule has 0 N–H and O–H groups in total. The molecule has 0 aromatic heterocycles. The third-order valence-corrected chi connectivity index (χ3v) is 4.49. The van der Waals surface area contributed by atoms with E-state index in [0.717, 1.165) is 17.7 Å². The van der Waals surface area contributed by atoms with E-state index in [1.165, 1.54) is 5.56 Å². The summed E-state index contributed by atoms with van der Waals surface area (Å²) in [6.07, 6.45) is 0.782. The number of hydrogen-bond acceptors (Lipinski definition) is 5. The minimum atomic E-state index is -0.0405. The normalized spacial score (nSPS) is 13.0. The second kappa shape index (κ2) is 7.99. The minimum absolute atomic E-state index is 0.00888. The first-order valence-electron chi connectivity index (χ1n) is 8.43. The molecule has 6 heteroatoms. The van der Waals surface area contributed by atoms with Gasteiger partial charge in [-0.25, -0.2) is 0 Å². The Morgan fingerprint density at radius 3 is 2.15 bits per heavy atom. The Morgan fingerprint density at radius 2 is 1.54 bits per heavy atom. The summed E-state index contributed by atoms with van der Waals surface area (Å²) in [6, 6.07) is 11.1. The number of ether oxygens (including phenoxy) is 4. The smallest absolute Gasteiger partial charge is 0.260 e. The van der Waals surface area contributed by atoms with Gasteiger partial charge in [-0.2, -0.15) is 0 Å². The standard InChI is InChI=1S/C20H23NO5/c1-23-16-4-6-17(7-5-16)26-13-20(22)21-9-8-14-10-18(24-2)19(25-3)11-15(14)12-21/h4-7,10-11H,8-9,12-13H2,1-3H3. The van der Waals surface area contributed by atoms with Crippen molar-refractivity contribution < 1.29 is 23.7 Å². The fourth-order valence-corrected chi connectivity index (χ4v) is 3.00. The molecule has 0 aliphatic carbocycles. The van der Waals surface area contributed by atoms with E-state index in [-0.39, 0.29) is 12.5 Å². The van der Waals surface area contributed by atoms with Gasteiger partial charge in [0.25, 0.3) is 5.91 Å². The molecule has 2 aromatic carbocycles. The molecular weight excluding hydrogens is 334 g/mol. The summed E-state index contributed by atoms with van der Waals surface area (Å²) < 4.78 is 21.4. The highest BCUT2D eigenvalue weighted by Crippen LogP contribution is 2.33. The summed E-state index contributed by atoms with van der Waals surface area (Å²) in [4.78, 5) is 14.3. The monoisotopic (exact) mass is 357 g/mol. The maximum Gasteiger partial charge on any atom is 0.260 e. The first kappa shape index (κ1) is 17.9. The molecule has 1 aliphatic rings. The zero-order valence-corrected chi connectivity index (χ0v) is 15.3. The lowest BCUT2D eigenvalue weighted by Crippen LogP contribution is -2.38. The Bertz CT molecular complexity index is 773. The highest BCUT2D eigenvalue weighted by Gasteiger charge is 2.23. The van der Waals surface area contributed by atoms with Gasteiger partial charge in [-0.05, 0) is 53.9 Å². The molecular formula is C20H23NO5. The summed E-state index contributed by atoms with van der Waals surface area (Å²) in [6.45, 7) is 1.21. The van der Waals surface area contributed by atoms with E-state index < -0.39 is 0 Å². The van der Waals surface area contributed by atoms with Crippen LogP contribution in [0.1, 0.15) is 11.1 Å². The van der Waals surface area contributed by atoms with Gasteiger partial charge in [0.15, 0.2) is 18.1 Å². The number of carbonyl (C=O) groups excluding carboxylic acids is 1. The topological polar surface area (TPSA) is 57.2 Å². The van der Waals surface area contributed by atoms with Crippen LogP contribution in [0.4, 0.5) is 0 Å². The summed E-state index contributed by atoms with van der Waals surface area (Å²) in [5, 5.41) is 0. The van der Waals surface area contributed by atoms with Crippen LogP contribution >= 0.6 is 0 Å². The van der Waals surface area contributed by atoms with Crippen LogP contribution in [0.5, 0.6) is 23.0 Å². The van der Waals surface area contributed by atoms with Crippen LogP contribution in [0.15, 0.2) is 36.4 Å². The molecule has 0 radical (unpaired) electrons.